The molecular weight excluding hydrogens is 228 g/mol. The van der Waals surface area contributed by atoms with Crippen LogP contribution in [0.2, 0.25) is 0 Å². The van der Waals surface area contributed by atoms with Crippen molar-refractivity contribution in [3.63, 3.8) is 0 Å². The summed E-state index contributed by atoms with van der Waals surface area (Å²) in [6.07, 6.45) is 4.74. The molecule has 0 aromatic heterocycles. The molecular formula is C14H30N2O2. The first kappa shape index (κ1) is 15.9. The molecule has 18 heavy (non-hydrogen) atoms. The van der Waals surface area contributed by atoms with Gasteiger partial charge < -0.3 is 15.2 Å². The number of hydrogen-bond donors (Lipinski definition) is 2. The average Bonchev–Trinajstić information content (AvgIpc) is 3.21. The number of hydrogen-bond acceptors (Lipinski definition) is 4. The molecule has 0 radical (unpaired) electrons. The molecule has 0 amide bonds. The van der Waals surface area contributed by atoms with Crippen LogP contribution in [0.25, 0.3) is 0 Å². The van der Waals surface area contributed by atoms with Crippen LogP contribution < -0.4 is 5.32 Å². The van der Waals surface area contributed by atoms with E-state index in [-0.39, 0.29) is 12.1 Å². The molecule has 0 aromatic rings. The Hall–Kier alpha value is -0.160. The minimum atomic E-state index is -0.143. The summed E-state index contributed by atoms with van der Waals surface area (Å²) in [6, 6.07) is 0.759. The molecule has 0 bridgehead atoms. The van der Waals surface area contributed by atoms with E-state index in [1.54, 1.807) is 7.11 Å². The third-order valence-corrected chi connectivity index (χ3v) is 3.75. The summed E-state index contributed by atoms with van der Waals surface area (Å²) in [4.78, 5) is 2.50. The largest absolute Gasteiger partial charge is 0.394 e. The van der Waals surface area contributed by atoms with Gasteiger partial charge in [0.25, 0.3) is 0 Å². The lowest BCUT2D eigenvalue weighted by atomic mass is 9.98. The zero-order valence-corrected chi connectivity index (χ0v) is 12.2. The topological polar surface area (TPSA) is 44.7 Å². The van der Waals surface area contributed by atoms with Crippen molar-refractivity contribution in [2.45, 2.75) is 51.1 Å². The van der Waals surface area contributed by atoms with Crippen LogP contribution in [0.3, 0.4) is 0 Å². The van der Waals surface area contributed by atoms with Crippen molar-refractivity contribution >= 4 is 0 Å². The van der Waals surface area contributed by atoms with Gasteiger partial charge in [0.2, 0.25) is 0 Å². The van der Waals surface area contributed by atoms with Crippen LogP contribution in [-0.2, 0) is 4.74 Å². The number of nitrogens with zero attached hydrogens (tertiary/aromatic N) is 1. The Bertz CT molecular complexity index is 222. The number of ether oxygens (including phenoxy) is 1. The summed E-state index contributed by atoms with van der Waals surface area (Å²) >= 11 is 0. The van der Waals surface area contributed by atoms with Crippen molar-refractivity contribution in [3.8, 4) is 0 Å². The van der Waals surface area contributed by atoms with E-state index in [1.807, 2.05) is 0 Å². The standard InChI is InChI=1S/C14H30N2O2/c1-4-8-15-14(2,12-17)7-9-16(10-11-18-3)13-5-6-13/h13,15,17H,4-12H2,1-3H3. The maximum atomic E-state index is 9.55. The lowest BCUT2D eigenvalue weighted by molar-refractivity contribution is 0.117. The minimum absolute atomic E-state index is 0.143. The summed E-state index contributed by atoms with van der Waals surface area (Å²) in [7, 11) is 1.76. The number of aliphatic hydroxyl groups excluding tert-OH is 1. The number of rotatable bonds is 11. The Morgan fingerprint density at radius 3 is 2.61 bits per heavy atom. The number of aliphatic hydroxyl groups is 1. The van der Waals surface area contributed by atoms with E-state index in [9.17, 15) is 5.11 Å². The van der Waals surface area contributed by atoms with Crippen LogP contribution in [0.4, 0.5) is 0 Å². The fourth-order valence-electron chi connectivity index (χ4n) is 2.17. The molecule has 1 saturated carbocycles. The third-order valence-electron chi connectivity index (χ3n) is 3.75. The van der Waals surface area contributed by atoms with Gasteiger partial charge in [0.05, 0.1) is 13.2 Å². The Morgan fingerprint density at radius 1 is 1.39 bits per heavy atom. The van der Waals surface area contributed by atoms with E-state index in [1.165, 1.54) is 12.8 Å². The van der Waals surface area contributed by atoms with Crippen LogP contribution in [0, 0.1) is 0 Å². The first-order valence-corrected chi connectivity index (χ1v) is 7.24. The highest BCUT2D eigenvalue weighted by Crippen LogP contribution is 2.27. The predicted octanol–water partition coefficient (Wildman–Crippen LogP) is 1.24. The van der Waals surface area contributed by atoms with Crippen LogP contribution in [0.1, 0.15) is 39.5 Å². The van der Waals surface area contributed by atoms with Gasteiger partial charge in [-0.1, -0.05) is 6.92 Å². The highest BCUT2D eigenvalue weighted by atomic mass is 16.5. The first-order valence-electron chi connectivity index (χ1n) is 7.24. The smallest absolute Gasteiger partial charge is 0.0611 e. The van der Waals surface area contributed by atoms with Crippen molar-refractivity contribution in [2.75, 3.05) is 40.0 Å². The molecule has 1 unspecified atom stereocenters. The van der Waals surface area contributed by atoms with E-state index in [0.717, 1.165) is 45.1 Å². The molecule has 1 atom stereocenters. The lowest BCUT2D eigenvalue weighted by Crippen LogP contribution is -2.48. The molecule has 0 aromatic carbocycles. The molecule has 1 rings (SSSR count). The normalized spacial score (nSPS) is 19.2. The number of nitrogens with one attached hydrogen (secondary N) is 1. The van der Waals surface area contributed by atoms with Crippen molar-refractivity contribution in [2.24, 2.45) is 0 Å². The first-order chi connectivity index (χ1) is 8.65. The SMILES string of the molecule is CCCNC(C)(CO)CCN(CCOC)C1CC1. The monoisotopic (exact) mass is 258 g/mol. The van der Waals surface area contributed by atoms with Crippen molar-refractivity contribution in [1.82, 2.24) is 10.2 Å². The molecule has 1 aliphatic carbocycles. The van der Waals surface area contributed by atoms with Crippen LogP contribution >= 0.6 is 0 Å². The average molecular weight is 258 g/mol. The molecule has 1 fully saturated rings. The minimum Gasteiger partial charge on any atom is -0.394 e. The zero-order valence-electron chi connectivity index (χ0n) is 12.2. The van der Waals surface area contributed by atoms with Crippen LogP contribution in [0.15, 0.2) is 0 Å². The summed E-state index contributed by atoms with van der Waals surface area (Å²) in [5.41, 5.74) is -0.143. The zero-order chi connectivity index (χ0) is 13.4. The van der Waals surface area contributed by atoms with Crippen LogP contribution in [0.5, 0.6) is 0 Å². The van der Waals surface area contributed by atoms with E-state index >= 15 is 0 Å². The summed E-state index contributed by atoms with van der Waals surface area (Å²) in [5.74, 6) is 0. The van der Waals surface area contributed by atoms with Gasteiger partial charge in [0.15, 0.2) is 0 Å². The van der Waals surface area contributed by atoms with Gasteiger partial charge in [0, 0.05) is 31.8 Å². The predicted molar refractivity (Wildman–Crippen MR) is 74.9 cm³/mol. The Kier molecular flexibility index (Phi) is 7.15. The molecule has 0 aliphatic heterocycles. The molecule has 0 saturated heterocycles. The lowest BCUT2D eigenvalue weighted by Gasteiger charge is -2.32. The van der Waals surface area contributed by atoms with Gasteiger partial charge in [0.1, 0.15) is 0 Å². The Balaban J connectivity index is 2.33. The van der Waals surface area contributed by atoms with Crippen molar-refractivity contribution < 1.29 is 9.84 Å². The second-order valence-electron chi connectivity index (χ2n) is 5.66. The van der Waals surface area contributed by atoms with Gasteiger partial charge in [-0.2, -0.15) is 0 Å². The van der Waals surface area contributed by atoms with E-state index in [2.05, 4.69) is 24.1 Å². The number of methoxy groups -OCH3 is 1. The fourth-order valence-corrected chi connectivity index (χ4v) is 2.17. The quantitative estimate of drug-likeness (QED) is 0.585. The van der Waals surface area contributed by atoms with Crippen molar-refractivity contribution in [3.05, 3.63) is 0 Å². The van der Waals surface area contributed by atoms with Gasteiger partial charge >= 0.3 is 0 Å². The molecule has 4 heteroatoms. The van der Waals surface area contributed by atoms with Gasteiger partial charge in [-0.15, -0.1) is 0 Å². The molecule has 2 N–H and O–H groups in total. The summed E-state index contributed by atoms with van der Waals surface area (Å²) < 4.78 is 5.17. The maximum Gasteiger partial charge on any atom is 0.0611 e. The summed E-state index contributed by atoms with van der Waals surface area (Å²) in [5, 5.41) is 13.0. The van der Waals surface area contributed by atoms with E-state index in [0.29, 0.717) is 0 Å². The Labute approximate surface area is 112 Å². The summed E-state index contributed by atoms with van der Waals surface area (Å²) in [6.45, 7) is 8.30. The highest BCUT2D eigenvalue weighted by molar-refractivity contribution is 4.88. The van der Waals surface area contributed by atoms with Gasteiger partial charge in [-0.25, -0.2) is 0 Å². The van der Waals surface area contributed by atoms with E-state index < -0.39 is 0 Å². The van der Waals surface area contributed by atoms with E-state index in [4.69, 9.17) is 4.74 Å². The third kappa shape index (κ3) is 5.65. The molecule has 0 spiro atoms. The second kappa shape index (κ2) is 8.10. The fraction of sp³-hybridized carbons (Fsp3) is 1.00. The molecule has 0 heterocycles. The van der Waals surface area contributed by atoms with Gasteiger partial charge in [-0.3, -0.25) is 4.90 Å². The van der Waals surface area contributed by atoms with Crippen molar-refractivity contribution in [1.29, 1.82) is 0 Å². The maximum absolute atomic E-state index is 9.55. The molecule has 4 nitrogen and oxygen atoms in total. The molecule has 1 aliphatic rings. The van der Waals surface area contributed by atoms with Crippen LogP contribution in [-0.4, -0.2) is 61.5 Å². The molecule has 108 valence electrons. The van der Waals surface area contributed by atoms with Gasteiger partial charge in [-0.05, 0) is 39.2 Å². The Morgan fingerprint density at radius 2 is 2.11 bits per heavy atom. The second-order valence-corrected chi connectivity index (χ2v) is 5.66. The highest BCUT2D eigenvalue weighted by Gasteiger charge is 2.30.